The Kier molecular flexibility index (Phi) is 5.83. The van der Waals surface area contributed by atoms with Gasteiger partial charge in [-0.25, -0.2) is 14.0 Å². The SMILES string of the molecule is O=C(O)C(=O)O.[2H]c1c([2H])c([C@]2(CCCN(C)C)OCc3cc(C#N)ccc32)c([2H])c([2H])c1F. The van der Waals surface area contributed by atoms with Crippen molar-refractivity contribution in [2.75, 3.05) is 20.6 Å². The van der Waals surface area contributed by atoms with Gasteiger partial charge in [-0.15, -0.1) is 0 Å². The number of hydrogen-bond donors (Lipinski definition) is 2. The van der Waals surface area contributed by atoms with Crippen molar-refractivity contribution in [2.24, 2.45) is 0 Å². The van der Waals surface area contributed by atoms with Crippen LogP contribution >= 0.6 is 0 Å². The number of ether oxygens (including phenoxy) is 1. The van der Waals surface area contributed by atoms with Gasteiger partial charge in [0, 0.05) is 0 Å². The molecule has 0 unspecified atom stereocenters. The quantitative estimate of drug-likeness (QED) is 0.718. The number of benzene rings is 2. The van der Waals surface area contributed by atoms with E-state index in [0.717, 1.165) is 12.1 Å². The van der Waals surface area contributed by atoms with Crippen LogP contribution in [0.5, 0.6) is 0 Å². The van der Waals surface area contributed by atoms with E-state index in [4.69, 9.17) is 35.3 Å². The van der Waals surface area contributed by atoms with Gasteiger partial charge in [0.25, 0.3) is 0 Å². The van der Waals surface area contributed by atoms with Crippen molar-refractivity contribution in [1.29, 1.82) is 5.26 Å². The maximum Gasteiger partial charge on any atom is 0.414 e. The second-order valence-corrected chi connectivity index (χ2v) is 6.81. The summed E-state index contributed by atoms with van der Waals surface area (Å²) in [5.74, 6) is -4.81. The van der Waals surface area contributed by atoms with Crippen LogP contribution in [-0.4, -0.2) is 47.7 Å². The molecule has 0 aliphatic carbocycles. The smallest absolute Gasteiger partial charge is 0.414 e. The van der Waals surface area contributed by atoms with Gasteiger partial charge in [-0.3, -0.25) is 0 Å². The number of aliphatic carboxylic acids is 2. The van der Waals surface area contributed by atoms with Crippen LogP contribution in [0.15, 0.2) is 42.4 Å². The Hall–Kier alpha value is -3.28. The number of hydrogen-bond acceptors (Lipinski definition) is 5. The lowest BCUT2D eigenvalue weighted by molar-refractivity contribution is -0.159. The molecule has 30 heavy (non-hydrogen) atoms. The summed E-state index contributed by atoms with van der Waals surface area (Å²) in [5, 5.41) is 23.9. The van der Waals surface area contributed by atoms with Gasteiger partial charge < -0.3 is 19.8 Å². The number of nitriles is 1. The summed E-state index contributed by atoms with van der Waals surface area (Å²) in [6.45, 7) is 0.920. The summed E-state index contributed by atoms with van der Waals surface area (Å²) < 4.78 is 52.7. The largest absolute Gasteiger partial charge is 0.473 e. The van der Waals surface area contributed by atoms with Crippen molar-refractivity contribution in [3.8, 4) is 6.07 Å². The van der Waals surface area contributed by atoms with Gasteiger partial charge in [-0.1, -0.05) is 18.2 Å². The molecular weight excluding hydrogens is 391 g/mol. The first-order valence-corrected chi connectivity index (χ1v) is 8.92. The summed E-state index contributed by atoms with van der Waals surface area (Å²) in [6.07, 6.45) is 1.08. The third kappa shape index (κ3) is 5.41. The van der Waals surface area contributed by atoms with Gasteiger partial charge in [0.15, 0.2) is 0 Å². The summed E-state index contributed by atoms with van der Waals surface area (Å²) in [7, 11) is 3.87. The molecule has 1 heterocycles. The molecule has 2 N–H and O–H groups in total. The zero-order valence-electron chi connectivity index (χ0n) is 20.5. The Morgan fingerprint density at radius 1 is 1.27 bits per heavy atom. The molecule has 0 spiro atoms. The van der Waals surface area contributed by atoms with E-state index in [0.29, 0.717) is 24.0 Å². The zero-order valence-corrected chi connectivity index (χ0v) is 16.5. The Morgan fingerprint density at radius 3 is 2.43 bits per heavy atom. The Labute approximate surface area is 179 Å². The predicted molar refractivity (Wildman–Crippen MR) is 106 cm³/mol. The monoisotopic (exact) mass is 418 g/mol. The summed E-state index contributed by atoms with van der Waals surface area (Å²) in [5.41, 5.74) is 0.784. The fraction of sp³-hybridized carbons (Fsp3) is 0.318. The van der Waals surface area contributed by atoms with Crippen LogP contribution in [0.1, 0.15) is 40.6 Å². The minimum atomic E-state index is -1.82. The molecule has 0 fully saturated rings. The van der Waals surface area contributed by atoms with E-state index in [1.54, 1.807) is 18.2 Å². The van der Waals surface area contributed by atoms with E-state index in [9.17, 15) is 4.39 Å². The van der Waals surface area contributed by atoms with Gasteiger partial charge in [0.1, 0.15) is 11.4 Å². The van der Waals surface area contributed by atoms with E-state index in [-0.39, 0.29) is 12.2 Å². The van der Waals surface area contributed by atoms with Crippen molar-refractivity contribution in [1.82, 2.24) is 4.90 Å². The van der Waals surface area contributed by atoms with Crippen molar-refractivity contribution >= 4 is 11.9 Å². The summed E-state index contributed by atoms with van der Waals surface area (Å²) >= 11 is 0. The highest BCUT2D eigenvalue weighted by atomic mass is 19.1. The van der Waals surface area contributed by atoms with Crippen molar-refractivity contribution in [3.63, 3.8) is 0 Å². The fourth-order valence-corrected chi connectivity index (χ4v) is 3.14. The average Bonchev–Trinajstić information content (AvgIpc) is 3.15. The van der Waals surface area contributed by atoms with E-state index in [1.807, 2.05) is 19.0 Å². The van der Waals surface area contributed by atoms with Gasteiger partial charge >= 0.3 is 11.9 Å². The Morgan fingerprint density at radius 2 is 1.90 bits per heavy atom. The summed E-state index contributed by atoms with van der Waals surface area (Å²) in [6, 6.07) is 4.92. The van der Waals surface area contributed by atoms with E-state index < -0.39 is 47.5 Å². The normalized spacial score (nSPS) is 18.8. The van der Waals surface area contributed by atoms with Crippen LogP contribution in [0.25, 0.3) is 0 Å². The molecule has 1 atom stereocenters. The third-order valence-electron chi connectivity index (χ3n) is 4.46. The second-order valence-electron chi connectivity index (χ2n) is 6.81. The third-order valence-corrected chi connectivity index (χ3v) is 4.46. The molecule has 2 aromatic rings. The number of carbonyl (C=O) groups is 2. The molecule has 0 amide bonds. The van der Waals surface area contributed by atoms with Crippen LogP contribution in [0, 0.1) is 17.1 Å². The van der Waals surface area contributed by atoms with Crippen LogP contribution in [0.3, 0.4) is 0 Å². The van der Waals surface area contributed by atoms with Gasteiger partial charge in [0.2, 0.25) is 0 Å². The number of halogens is 1. The first-order chi connectivity index (χ1) is 15.9. The van der Waals surface area contributed by atoms with Gasteiger partial charge in [-0.05, 0) is 74.4 Å². The zero-order chi connectivity index (χ0) is 25.8. The van der Waals surface area contributed by atoms with Crippen LogP contribution in [0.2, 0.25) is 0 Å². The molecule has 158 valence electrons. The molecule has 2 aromatic carbocycles. The predicted octanol–water partition coefficient (Wildman–Crippen LogP) is 2.97. The molecule has 0 aromatic heterocycles. The number of rotatable bonds is 5. The lowest BCUT2D eigenvalue weighted by Crippen LogP contribution is -2.28. The topological polar surface area (TPSA) is 111 Å². The van der Waals surface area contributed by atoms with Crippen LogP contribution < -0.4 is 0 Å². The van der Waals surface area contributed by atoms with Gasteiger partial charge in [-0.2, -0.15) is 5.26 Å². The highest BCUT2D eigenvalue weighted by Crippen LogP contribution is 2.45. The molecule has 0 saturated heterocycles. The molecular formula is C22H23FN2O5. The first kappa shape index (κ1) is 17.6. The second kappa shape index (κ2) is 9.96. The highest BCUT2D eigenvalue weighted by Gasteiger charge is 2.41. The Bertz CT molecular complexity index is 1130. The number of nitrogens with zero attached hydrogens (tertiary/aromatic N) is 2. The molecule has 1 aliphatic heterocycles. The van der Waals surface area contributed by atoms with Crippen molar-refractivity contribution in [3.05, 3.63) is 70.4 Å². The molecule has 1 aliphatic rings. The number of carboxylic acids is 2. The standard InChI is InChI=1S/C20H21FN2O.C2H2O4/c1-23(2)11-3-10-20(17-5-7-18(21)8-6-17)19-9-4-15(13-22)12-16(19)14-24-20;3-1(4)2(5)6/h4-9,12H,3,10-11,14H2,1-2H3;(H,3,4)(H,5,6)/t20-;/m0./s1/i5D,6D,7D,8D;. The van der Waals surface area contributed by atoms with Crippen molar-refractivity contribution < 1.29 is 34.4 Å². The number of carboxylic acid groups (broad SMARTS) is 2. The fourth-order valence-electron chi connectivity index (χ4n) is 3.14. The molecule has 8 heteroatoms. The Balaban J connectivity index is 0.000000604. The van der Waals surface area contributed by atoms with Gasteiger partial charge in [0.05, 0.1) is 23.7 Å². The minimum absolute atomic E-state index is 0.0473. The molecule has 3 rings (SSSR count). The van der Waals surface area contributed by atoms with Crippen molar-refractivity contribution in [2.45, 2.75) is 25.0 Å². The maximum atomic E-state index is 14.1. The average molecular weight is 418 g/mol. The molecule has 0 radical (unpaired) electrons. The highest BCUT2D eigenvalue weighted by molar-refractivity contribution is 6.27. The lowest BCUT2D eigenvalue weighted by Gasteiger charge is -2.31. The van der Waals surface area contributed by atoms with E-state index in [1.165, 1.54) is 0 Å². The number of fused-ring (bicyclic) bond motifs is 1. The first-order valence-electron chi connectivity index (χ1n) is 10.9. The van der Waals surface area contributed by atoms with Crippen LogP contribution in [0.4, 0.5) is 4.39 Å². The molecule has 7 nitrogen and oxygen atoms in total. The molecule has 0 bridgehead atoms. The van der Waals surface area contributed by atoms with Crippen LogP contribution in [-0.2, 0) is 26.5 Å². The summed E-state index contributed by atoms with van der Waals surface area (Å²) in [4.78, 5) is 20.2. The maximum absolute atomic E-state index is 14.1. The lowest BCUT2D eigenvalue weighted by atomic mass is 9.81. The van der Waals surface area contributed by atoms with E-state index >= 15 is 0 Å². The van der Waals surface area contributed by atoms with E-state index in [2.05, 4.69) is 6.07 Å². The molecule has 0 saturated carbocycles. The minimum Gasteiger partial charge on any atom is -0.473 e.